The number of fused-ring (bicyclic) bond motifs is 11. The maximum absolute atomic E-state index is 10.00. The zero-order valence-corrected chi connectivity index (χ0v) is 20.3. The van der Waals surface area contributed by atoms with Crippen LogP contribution in [0.4, 0.5) is 0 Å². The van der Waals surface area contributed by atoms with E-state index >= 15 is 0 Å². The van der Waals surface area contributed by atoms with Gasteiger partial charge in [0.15, 0.2) is 0 Å². The zero-order valence-electron chi connectivity index (χ0n) is 20.3. The molecule has 0 fully saturated rings. The predicted octanol–water partition coefficient (Wildman–Crippen LogP) is 8.00. The molecule has 5 aromatic carbocycles. The van der Waals surface area contributed by atoms with Gasteiger partial charge in [0, 0.05) is 16.3 Å². The van der Waals surface area contributed by atoms with Gasteiger partial charge in [0.1, 0.15) is 0 Å². The topological polar surface area (TPSA) is 33.1 Å². The third-order valence-electron chi connectivity index (χ3n) is 8.30. The second-order valence-corrected chi connectivity index (χ2v) is 9.86. The second kappa shape index (κ2) is 7.32. The van der Waals surface area contributed by atoms with Crippen molar-refractivity contribution in [3.63, 3.8) is 0 Å². The Labute approximate surface area is 220 Å². The van der Waals surface area contributed by atoms with Crippen molar-refractivity contribution in [1.82, 2.24) is 4.57 Å². The third kappa shape index (κ3) is 2.28. The van der Waals surface area contributed by atoms with E-state index in [0.29, 0.717) is 0 Å². The molecule has 38 heavy (non-hydrogen) atoms. The number of allylic oxidation sites excluding steroid dienone is 1. The van der Waals surface area contributed by atoms with Crippen LogP contribution >= 0.6 is 0 Å². The summed E-state index contributed by atoms with van der Waals surface area (Å²) in [5, 5.41) is 12.5. The van der Waals surface area contributed by atoms with E-state index in [2.05, 4.69) is 119 Å². The second-order valence-electron chi connectivity index (χ2n) is 9.86. The van der Waals surface area contributed by atoms with Gasteiger partial charge in [-0.25, -0.2) is 10.1 Å². The summed E-state index contributed by atoms with van der Waals surface area (Å²) in [5.74, 6) is 0. The van der Waals surface area contributed by atoms with Crippen molar-refractivity contribution in [3.8, 4) is 11.8 Å². The van der Waals surface area contributed by atoms with E-state index in [1.807, 2.05) is 12.1 Å². The molecule has 8 rings (SSSR count). The van der Waals surface area contributed by atoms with Crippen LogP contribution in [0.3, 0.4) is 0 Å². The maximum atomic E-state index is 10.00. The minimum absolute atomic E-state index is 0.121. The summed E-state index contributed by atoms with van der Waals surface area (Å²) >= 11 is 0. The van der Waals surface area contributed by atoms with E-state index in [4.69, 9.17) is 6.57 Å². The van der Waals surface area contributed by atoms with Crippen molar-refractivity contribution in [2.75, 3.05) is 0 Å². The van der Waals surface area contributed by atoms with E-state index in [0.717, 1.165) is 33.5 Å². The number of nitriles is 1. The first-order valence-electron chi connectivity index (χ1n) is 12.6. The van der Waals surface area contributed by atoms with Crippen molar-refractivity contribution >= 4 is 27.4 Å². The van der Waals surface area contributed by atoms with Crippen molar-refractivity contribution < 1.29 is 0 Å². The molecular formula is C35H19N3. The molecule has 0 saturated carbocycles. The number of hydrogen-bond acceptors (Lipinski definition) is 1. The third-order valence-corrected chi connectivity index (χ3v) is 8.30. The van der Waals surface area contributed by atoms with Gasteiger partial charge in [0.2, 0.25) is 0 Å². The lowest BCUT2D eigenvalue weighted by atomic mass is 9.57. The highest BCUT2D eigenvalue weighted by Crippen LogP contribution is 2.59. The average molecular weight is 482 g/mol. The largest absolute Gasteiger partial charge is 0.309 e. The van der Waals surface area contributed by atoms with Gasteiger partial charge < -0.3 is 4.57 Å². The van der Waals surface area contributed by atoms with Crippen LogP contribution in [-0.2, 0) is 5.41 Å². The fourth-order valence-electron chi connectivity index (χ4n) is 7.02. The Morgan fingerprint density at radius 2 is 1.24 bits per heavy atom. The summed E-state index contributed by atoms with van der Waals surface area (Å²) < 4.78 is 2.41. The van der Waals surface area contributed by atoms with E-state index in [-0.39, 0.29) is 5.70 Å². The number of nitrogens with zero attached hydrogens (tertiary/aromatic N) is 3. The molecule has 2 aliphatic rings. The summed E-state index contributed by atoms with van der Waals surface area (Å²) in [5.41, 5.74) is 10.3. The highest BCUT2D eigenvalue weighted by molar-refractivity contribution is 6.12. The fraction of sp³-hybridized carbons (Fsp3) is 0.0286. The van der Waals surface area contributed by atoms with Crippen molar-refractivity contribution in [2.24, 2.45) is 0 Å². The molecule has 0 atom stereocenters. The molecule has 3 heteroatoms. The Bertz CT molecular complexity index is 2040. The van der Waals surface area contributed by atoms with Gasteiger partial charge in [0.05, 0.1) is 34.8 Å². The first-order valence-corrected chi connectivity index (χ1v) is 12.6. The molecule has 1 aliphatic heterocycles. The zero-order chi connectivity index (χ0) is 25.4. The Morgan fingerprint density at radius 3 is 1.95 bits per heavy atom. The molecule has 1 spiro atoms. The Morgan fingerprint density at radius 1 is 0.658 bits per heavy atom. The Kier molecular flexibility index (Phi) is 4.00. The van der Waals surface area contributed by atoms with Crippen LogP contribution in [-0.4, -0.2) is 4.57 Å². The molecule has 3 nitrogen and oxygen atoms in total. The minimum Gasteiger partial charge on any atom is -0.309 e. The normalized spacial score (nSPS) is 16.4. The van der Waals surface area contributed by atoms with Crippen LogP contribution in [0, 0.1) is 17.9 Å². The van der Waals surface area contributed by atoms with Crippen molar-refractivity contribution in [2.45, 2.75) is 5.41 Å². The lowest BCUT2D eigenvalue weighted by Gasteiger charge is -2.46. The summed E-state index contributed by atoms with van der Waals surface area (Å²) in [7, 11) is 0. The molecule has 0 N–H and O–H groups in total. The minimum atomic E-state index is -0.611. The van der Waals surface area contributed by atoms with Crippen LogP contribution in [0.5, 0.6) is 0 Å². The molecule has 6 aromatic rings. The van der Waals surface area contributed by atoms with E-state index in [9.17, 15) is 5.26 Å². The quantitative estimate of drug-likeness (QED) is 0.160. The van der Waals surface area contributed by atoms with Gasteiger partial charge >= 0.3 is 0 Å². The number of hydrogen-bond donors (Lipinski definition) is 0. The monoisotopic (exact) mass is 481 g/mol. The summed E-state index contributed by atoms with van der Waals surface area (Å²) in [6.07, 6.45) is 0. The highest BCUT2D eigenvalue weighted by Gasteiger charge is 2.50. The predicted molar refractivity (Wildman–Crippen MR) is 151 cm³/mol. The van der Waals surface area contributed by atoms with Crippen LogP contribution in [0.2, 0.25) is 0 Å². The van der Waals surface area contributed by atoms with Gasteiger partial charge in [-0.1, -0.05) is 103 Å². The highest BCUT2D eigenvalue weighted by atomic mass is 15.0. The summed E-state index contributed by atoms with van der Waals surface area (Å²) in [6.45, 7) is 7.82. The van der Waals surface area contributed by atoms with Gasteiger partial charge in [-0.2, -0.15) is 0 Å². The Hall–Kier alpha value is -5.38. The van der Waals surface area contributed by atoms with Crippen molar-refractivity contribution in [1.29, 1.82) is 5.26 Å². The average Bonchev–Trinajstić information content (AvgIpc) is 3.32. The molecule has 1 aromatic heterocycles. The van der Waals surface area contributed by atoms with Gasteiger partial charge in [-0.15, -0.1) is 0 Å². The van der Waals surface area contributed by atoms with E-state index in [1.165, 1.54) is 32.9 Å². The molecule has 2 heterocycles. The number of rotatable bonds is 0. The van der Waals surface area contributed by atoms with E-state index < -0.39 is 5.41 Å². The standard InChI is InChI=1S/C35H19N3/c1-37-30(21-36)33-24-12-2-5-15-26(24)35(27-16-6-3-13-25(27)33)28-17-7-9-20-32(28)38-31-19-8-4-11-22(31)23-14-10-18-29(35)34(23)38/h2-20H. The number of para-hydroxylation sites is 3. The van der Waals surface area contributed by atoms with Crippen molar-refractivity contribution in [3.05, 3.63) is 166 Å². The fourth-order valence-corrected chi connectivity index (χ4v) is 7.02. The van der Waals surface area contributed by atoms with Gasteiger partial charge in [-0.05, 0) is 45.5 Å². The molecule has 174 valence electrons. The molecular weight excluding hydrogens is 462 g/mol. The van der Waals surface area contributed by atoms with Gasteiger partial charge in [0.25, 0.3) is 5.70 Å². The smallest absolute Gasteiger partial charge is 0.270 e. The van der Waals surface area contributed by atoms with Crippen LogP contribution in [0.25, 0.3) is 37.9 Å². The SMILES string of the molecule is [C-]#[N+]C(C#N)=C1c2ccccc2C2(c3ccccc31)c1ccccc1-n1c3ccccc3c3cccc2c31. The van der Waals surface area contributed by atoms with E-state index in [1.54, 1.807) is 0 Å². The molecule has 0 saturated heterocycles. The lowest BCUT2D eigenvalue weighted by molar-refractivity contribution is 0.715. The molecule has 0 bridgehead atoms. The Balaban J connectivity index is 1.68. The number of aromatic nitrogens is 1. The summed E-state index contributed by atoms with van der Waals surface area (Å²) in [4.78, 5) is 3.67. The van der Waals surface area contributed by atoms with Crippen LogP contribution in [0.15, 0.2) is 121 Å². The first kappa shape index (κ1) is 20.8. The van der Waals surface area contributed by atoms with Crippen LogP contribution < -0.4 is 0 Å². The molecule has 0 radical (unpaired) electrons. The summed E-state index contributed by atoms with van der Waals surface area (Å²) in [6, 6.07) is 42.8. The molecule has 0 amide bonds. The lowest BCUT2D eigenvalue weighted by Crippen LogP contribution is -2.39. The molecule has 0 unspecified atom stereocenters. The first-order chi connectivity index (χ1) is 18.8. The van der Waals surface area contributed by atoms with Crippen LogP contribution in [0.1, 0.15) is 33.4 Å². The molecule has 1 aliphatic carbocycles. The number of benzene rings is 5. The maximum Gasteiger partial charge on any atom is 0.270 e. The van der Waals surface area contributed by atoms with Gasteiger partial charge in [-0.3, -0.25) is 0 Å².